The zero-order valence-corrected chi connectivity index (χ0v) is 19.3. The monoisotopic (exact) mass is 420 g/mol. The SMILES string of the molecule is CCN1COc2ccc(C3CCC(c4cc(C)c5c(c4)CN(CC)CO5)CC3)cc2C1. The lowest BCUT2D eigenvalue weighted by Gasteiger charge is -2.33. The smallest absolute Gasteiger partial charge is 0.142 e. The van der Waals surface area contributed by atoms with E-state index in [2.05, 4.69) is 60.9 Å². The fraction of sp³-hybridized carbons (Fsp3) is 0.556. The van der Waals surface area contributed by atoms with Gasteiger partial charge in [0.25, 0.3) is 0 Å². The van der Waals surface area contributed by atoms with Gasteiger partial charge in [-0.3, -0.25) is 9.80 Å². The first-order chi connectivity index (χ1) is 15.1. The number of hydrogen-bond acceptors (Lipinski definition) is 4. The van der Waals surface area contributed by atoms with E-state index in [-0.39, 0.29) is 0 Å². The molecule has 0 amide bonds. The third kappa shape index (κ3) is 4.20. The van der Waals surface area contributed by atoms with Gasteiger partial charge in [-0.2, -0.15) is 0 Å². The van der Waals surface area contributed by atoms with Crippen molar-refractivity contribution >= 4 is 0 Å². The fourth-order valence-electron chi connectivity index (χ4n) is 5.61. The van der Waals surface area contributed by atoms with Gasteiger partial charge in [0, 0.05) is 24.2 Å². The normalized spacial score (nSPS) is 24.1. The van der Waals surface area contributed by atoms with Crippen LogP contribution >= 0.6 is 0 Å². The molecule has 5 rings (SSSR count). The van der Waals surface area contributed by atoms with Crippen molar-refractivity contribution in [1.82, 2.24) is 9.80 Å². The predicted molar refractivity (Wildman–Crippen MR) is 125 cm³/mol. The molecule has 4 nitrogen and oxygen atoms in total. The molecule has 0 aromatic heterocycles. The summed E-state index contributed by atoms with van der Waals surface area (Å²) in [6.07, 6.45) is 5.09. The van der Waals surface area contributed by atoms with Gasteiger partial charge >= 0.3 is 0 Å². The second kappa shape index (κ2) is 8.84. The van der Waals surface area contributed by atoms with Crippen LogP contribution in [0.25, 0.3) is 0 Å². The lowest BCUT2D eigenvalue weighted by molar-refractivity contribution is 0.0999. The molecule has 2 heterocycles. The third-order valence-electron chi connectivity index (χ3n) is 7.60. The molecule has 0 bridgehead atoms. The summed E-state index contributed by atoms with van der Waals surface area (Å²) in [7, 11) is 0. The molecule has 3 aliphatic rings. The number of benzene rings is 2. The highest BCUT2D eigenvalue weighted by atomic mass is 16.5. The van der Waals surface area contributed by atoms with Gasteiger partial charge in [-0.25, -0.2) is 0 Å². The van der Waals surface area contributed by atoms with Crippen LogP contribution in [0, 0.1) is 6.92 Å². The first kappa shape index (κ1) is 20.8. The van der Waals surface area contributed by atoms with Crippen LogP contribution in [0.15, 0.2) is 30.3 Å². The number of aryl methyl sites for hydroxylation is 1. The Morgan fingerprint density at radius 3 is 2.10 bits per heavy atom. The number of nitrogens with zero attached hydrogens (tertiary/aromatic N) is 2. The lowest BCUT2D eigenvalue weighted by atomic mass is 9.75. The Hall–Kier alpha value is -2.04. The quantitative estimate of drug-likeness (QED) is 0.626. The molecule has 0 spiro atoms. The van der Waals surface area contributed by atoms with Crippen LogP contribution < -0.4 is 9.47 Å². The topological polar surface area (TPSA) is 24.9 Å². The molecule has 0 N–H and O–H groups in total. The summed E-state index contributed by atoms with van der Waals surface area (Å²) in [5.74, 6) is 3.56. The van der Waals surface area contributed by atoms with E-state index in [1.165, 1.54) is 53.5 Å². The van der Waals surface area contributed by atoms with E-state index in [1.807, 2.05) is 0 Å². The molecule has 31 heavy (non-hydrogen) atoms. The van der Waals surface area contributed by atoms with Crippen molar-refractivity contribution in [3.63, 3.8) is 0 Å². The molecule has 166 valence electrons. The summed E-state index contributed by atoms with van der Waals surface area (Å²) in [4.78, 5) is 4.72. The Balaban J connectivity index is 1.28. The highest BCUT2D eigenvalue weighted by Crippen LogP contribution is 2.43. The van der Waals surface area contributed by atoms with E-state index in [9.17, 15) is 0 Å². The van der Waals surface area contributed by atoms with E-state index in [4.69, 9.17) is 9.47 Å². The maximum atomic E-state index is 6.05. The maximum absolute atomic E-state index is 6.05. The van der Waals surface area contributed by atoms with Crippen molar-refractivity contribution < 1.29 is 9.47 Å². The van der Waals surface area contributed by atoms with Crippen molar-refractivity contribution in [1.29, 1.82) is 0 Å². The Morgan fingerprint density at radius 2 is 1.39 bits per heavy atom. The molecule has 0 atom stereocenters. The standard InChI is InChI=1S/C27H36N2O2/c1-4-28-15-24-13-22(10-11-26(24)30-17-28)20-6-8-21(9-7-20)23-12-19(3)27-25(14-23)16-29(5-2)18-31-27/h10-14,20-21H,4-9,15-18H2,1-3H3. The molecule has 0 radical (unpaired) electrons. The minimum absolute atomic E-state index is 0.675. The molecule has 2 aromatic rings. The molecule has 0 unspecified atom stereocenters. The summed E-state index contributed by atoms with van der Waals surface area (Å²) in [6, 6.07) is 11.8. The van der Waals surface area contributed by atoms with Crippen LogP contribution in [0.2, 0.25) is 0 Å². The third-order valence-corrected chi connectivity index (χ3v) is 7.60. The number of rotatable bonds is 4. The van der Waals surface area contributed by atoms with Crippen molar-refractivity contribution in [3.8, 4) is 11.5 Å². The van der Waals surface area contributed by atoms with E-state index in [1.54, 1.807) is 0 Å². The van der Waals surface area contributed by atoms with Gasteiger partial charge < -0.3 is 9.47 Å². The summed E-state index contributed by atoms with van der Waals surface area (Å²) in [5, 5.41) is 0. The molecule has 0 saturated heterocycles. The zero-order chi connectivity index (χ0) is 21.4. The Morgan fingerprint density at radius 1 is 0.774 bits per heavy atom. The number of ether oxygens (including phenoxy) is 2. The highest BCUT2D eigenvalue weighted by Gasteiger charge is 2.27. The minimum Gasteiger partial charge on any atom is -0.478 e. The fourth-order valence-corrected chi connectivity index (χ4v) is 5.61. The second-order valence-corrected chi connectivity index (χ2v) is 9.58. The average molecular weight is 421 g/mol. The van der Waals surface area contributed by atoms with E-state index < -0.39 is 0 Å². The first-order valence-electron chi connectivity index (χ1n) is 12.1. The number of fused-ring (bicyclic) bond motifs is 2. The predicted octanol–water partition coefficient (Wildman–Crippen LogP) is 5.78. The number of hydrogen-bond donors (Lipinski definition) is 0. The van der Waals surface area contributed by atoms with E-state index >= 15 is 0 Å². The highest BCUT2D eigenvalue weighted by molar-refractivity contribution is 5.46. The van der Waals surface area contributed by atoms with Crippen molar-refractivity contribution in [3.05, 3.63) is 58.1 Å². The molecule has 1 saturated carbocycles. The Kier molecular flexibility index (Phi) is 5.94. The van der Waals surface area contributed by atoms with Crippen LogP contribution in [0.5, 0.6) is 11.5 Å². The molecule has 4 heteroatoms. The second-order valence-electron chi connectivity index (χ2n) is 9.58. The summed E-state index contributed by atoms with van der Waals surface area (Å²) >= 11 is 0. The minimum atomic E-state index is 0.675. The van der Waals surface area contributed by atoms with Crippen LogP contribution in [-0.4, -0.2) is 36.4 Å². The molecule has 1 fully saturated rings. The van der Waals surface area contributed by atoms with Crippen LogP contribution in [0.3, 0.4) is 0 Å². The molecule has 1 aliphatic carbocycles. The summed E-state index contributed by atoms with van der Waals surface area (Å²) < 4.78 is 12.0. The average Bonchev–Trinajstić information content (AvgIpc) is 2.83. The van der Waals surface area contributed by atoms with Gasteiger partial charge in [0.2, 0.25) is 0 Å². The largest absolute Gasteiger partial charge is 0.478 e. The van der Waals surface area contributed by atoms with Gasteiger partial charge in [-0.05, 0) is 80.3 Å². The summed E-state index contributed by atoms with van der Waals surface area (Å²) in [5.41, 5.74) is 7.07. The van der Waals surface area contributed by atoms with Crippen LogP contribution in [-0.2, 0) is 13.1 Å². The van der Waals surface area contributed by atoms with Crippen molar-refractivity contribution in [2.75, 3.05) is 26.6 Å². The van der Waals surface area contributed by atoms with Crippen molar-refractivity contribution in [2.24, 2.45) is 0 Å². The lowest BCUT2D eigenvalue weighted by Crippen LogP contribution is -2.32. The summed E-state index contributed by atoms with van der Waals surface area (Å²) in [6.45, 7) is 12.2. The van der Waals surface area contributed by atoms with Gasteiger partial charge in [0.15, 0.2) is 0 Å². The molecular weight excluding hydrogens is 384 g/mol. The maximum Gasteiger partial charge on any atom is 0.142 e. The zero-order valence-electron chi connectivity index (χ0n) is 19.3. The van der Waals surface area contributed by atoms with Crippen LogP contribution in [0.4, 0.5) is 0 Å². The molecule has 2 aliphatic heterocycles. The van der Waals surface area contributed by atoms with E-state index in [0.717, 1.165) is 51.1 Å². The van der Waals surface area contributed by atoms with Gasteiger partial charge in [0.05, 0.1) is 0 Å². The molecular formula is C27H36N2O2. The molecule has 2 aromatic carbocycles. The van der Waals surface area contributed by atoms with Crippen molar-refractivity contribution in [2.45, 2.75) is 71.4 Å². The first-order valence-corrected chi connectivity index (χ1v) is 12.1. The Bertz CT molecular complexity index is 933. The van der Waals surface area contributed by atoms with E-state index in [0.29, 0.717) is 11.8 Å². The van der Waals surface area contributed by atoms with Gasteiger partial charge in [-0.1, -0.05) is 38.1 Å². The van der Waals surface area contributed by atoms with Gasteiger partial charge in [0.1, 0.15) is 25.0 Å². The van der Waals surface area contributed by atoms with Crippen LogP contribution in [0.1, 0.15) is 79.2 Å². The Labute approximate surface area is 187 Å². The van der Waals surface area contributed by atoms with Gasteiger partial charge in [-0.15, -0.1) is 0 Å².